The SMILES string of the molecule is COc1ccc(C(=O)N2C[C@@H](O)[C@@H](O)C2)cc1Br. The summed E-state index contributed by atoms with van der Waals surface area (Å²) in [5.41, 5.74) is 0.490. The predicted molar refractivity (Wildman–Crippen MR) is 68.6 cm³/mol. The van der Waals surface area contributed by atoms with Crippen LogP contribution in [0.3, 0.4) is 0 Å². The Morgan fingerprint density at radius 1 is 1.39 bits per heavy atom. The minimum Gasteiger partial charge on any atom is -0.496 e. The Kier molecular flexibility index (Phi) is 3.89. The van der Waals surface area contributed by atoms with Crippen molar-refractivity contribution in [2.24, 2.45) is 0 Å². The molecule has 1 fully saturated rings. The summed E-state index contributed by atoms with van der Waals surface area (Å²) in [6.45, 7) is 0.313. The van der Waals surface area contributed by atoms with Crippen LogP contribution in [0.2, 0.25) is 0 Å². The van der Waals surface area contributed by atoms with Gasteiger partial charge in [0.2, 0.25) is 0 Å². The number of rotatable bonds is 2. The third-order valence-electron chi connectivity index (χ3n) is 2.95. The van der Waals surface area contributed by atoms with Gasteiger partial charge >= 0.3 is 0 Å². The number of carbonyl (C=O) groups excluding carboxylic acids is 1. The van der Waals surface area contributed by atoms with Gasteiger partial charge in [-0.05, 0) is 34.1 Å². The van der Waals surface area contributed by atoms with Gasteiger partial charge in [-0.25, -0.2) is 0 Å². The number of hydrogen-bond donors (Lipinski definition) is 2. The van der Waals surface area contributed by atoms with E-state index in [2.05, 4.69) is 15.9 Å². The molecule has 2 rings (SSSR count). The summed E-state index contributed by atoms with van der Waals surface area (Å²) in [7, 11) is 1.55. The van der Waals surface area contributed by atoms with E-state index in [0.29, 0.717) is 15.8 Å². The topological polar surface area (TPSA) is 70.0 Å². The highest BCUT2D eigenvalue weighted by Gasteiger charge is 2.33. The second-order valence-electron chi connectivity index (χ2n) is 4.19. The van der Waals surface area contributed by atoms with Crippen molar-refractivity contribution in [3.63, 3.8) is 0 Å². The maximum Gasteiger partial charge on any atom is 0.254 e. The first-order valence-corrected chi connectivity index (χ1v) is 6.31. The molecule has 1 aromatic carbocycles. The monoisotopic (exact) mass is 315 g/mol. The van der Waals surface area contributed by atoms with E-state index < -0.39 is 12.2 Å². The molecule has 1 aliphatic rings. The Morgan fingerprint density at radius 2 is 2.00 bits per heavy atom. The van der Waals surface area contributed by atoms with E-state index in [1.54, 1.807) is 25.3 Å². The van der Waals surface area contributed by atoms with Gasteiger partial charge < -0.3 is 19.8 Å². The highest BCUT2D eigenvalue weighted by atomic mass is 79.9. The van der Waals surface area contributed by atoms with Crippen molar-refractivity contribution in [1.82, 2.24) is 4.90 Å². The van der Waals surface area contributed by atoms with E-state index in [9.17, 15) is 15.0 Å². The van der Waals surface area contributed by atoms with Crippen LogP contribution in [0, 0.1) is 0 Å². The van der Waals surface area contributed by atoms with Crippen molar-refractivity contribution >= 4 is 21.8 Å². The van der Waals surface area contributed by atoms with Crippen molar-refractivity contribution in [2.45, 2.75) is 12.2 Å². The van der Waals surface area contributed by atoms with Gasteiger partial charge in [-0.2, -0.15) is 0 Å². The Labute approximate surface area is 113 Å². The molecule has 18 heavy (non-hydrogen) atoms. The van der Waals surface area contributed by atoms with Crippen molar-refractivity contribution in [2.75, 3.05) is 20.2 Å². The largest absolute Gasteiger partial charge is 0.496 e. The maximum absolute atomic E-state index is 12.1. The summed E-state index contributed by atoms with van der Waals surface area (Å²) < 4.78 is 5.78. The number of hydrogen-bond acceptors (Lipinski definition) is 4. The molecule has 0 spiro atoms. The molecule has 1 aromatic rings. The molecule has 1 aliphatic heterocycles. The van der Waals surface area contributed by atoms with Crippen LogP contribution >= 0.6 is 15.9 Å². The van der Waals surface area contributed by atoms with Gasteiger partial charge in [-0.15, -0.1) is 0 Å². The third-order valence-corrected chi connectivity index (χ3v) is 3.56. The fourth-order valence-corrected chi connectivity index (χ4v) is 2.46. The van der Waals surface area contributed by atoms with E-state index in [4.69, 9.17) is 4.74 Å². The van der Waals surface area contributed by atoms with Gasteiger partial charge in [0.15, 0.2) is 0 Å². The first-order chi connectivity index (χ1) is 8.52. The van der Waals surface area contributed by atoms with Crippen LogP contribution in [-0.4, -0.2) is 53.4 Å². The molecule has 5 nitrogen and oxygen atoms in total. The van der Waals surface area contributed by atoms with Crippen LogP contribution in [0.25, 0.3) is 0 Å². The Balaban J connectivity index is 2.17. The van der Waals surface area contributed by atoms with Gasteiger partial charge in [-0.1, -0.05) is 0 Å². The van der Waals surface area contributed by atoms with Crippen molar-refractivity contribution in [3.05, 3.63) is 28.2 Å². The van der Waals surface area contributed by atoms with Gasteiger partial charge in [0.1, 0.15) is 5.75 Å². The first-order valence-electron chi connectivity index (χ1n) is 5.52. The van der Waals surface area contributed by atoms with Crippen LogP contribution in [-0.2, 0) is 0 Å². The molecular formula is C12H14BrNO4. The standard InChI is InChI=1S/C12H14BrNO4/c1-18-11-3-2-7(4-8(11)13)12(17)14-5-9(15)10(16)6-14/h2-4,9-10,15-16H,5-6H2,1H3/t9-,10+. The number of methoxy groups -OCH3 is 1. The number of benzene rings is 1. The highest BCUT2D eigenvalue weighted by Crippen LogP contribution is 2.26. The van der Waals surface area contributed by atoms with E-state index in [1.807, 2.05) is 0 Å². The number of carbonyl (C=O) groups is 1. The van der Waals surface area contributed by atoms with E-state index >= 15 is 0 Å². The first kappa shape index (κ1) is 13.3. The summed E-state index contributed by atoms with van der Waals surface area (Å²) in [4.78, 5) is 13.6. The number of aliphatic hydroxyl groups is 2. The van der Waals surface area contributed by atoms with Crippen molar-refractivity contribution in [3.8, 4) is 5.75 Å². The zero-order valence-electron chi connectivity index (χ0n) is 9.84. The Hall–Kier alpha value is -1.11. The van der Waals surface area contributed by atoms with Gasteiger partial charge in [-0.3, -0.25) is 4.79 Å². The molecule has 0 unspecified atom stereocenters. The molecule has 0 radical (unpaired) electrons. The van der Waals surface area contributed by atoms with Gasteiger partial charge in [0.05, 0.1) is 23.8 Å². The lowest BCUT2D eigenvalue weighted by Crippen LogP contribution is -2.29. The molecule has 0 bridgehead atoms. The smallest absolute Gasteiger partial charge is 0.254 e. The number of amides is 1. The van der Waals surface area contributed by atoms with Gasteiger partial charge in [0.25, 0.3) is 5.91 Å². The van der Waals surface area contributed by atoms with Crippen LogP contribution in [0.1, 0.15) is 10.4 Å². The molecule has 6 heteroatoms. The van der Waals surface area contributed by atoms with Crippen molar-refractivity contribution < 1.29 is 19.7 Å². The summed E-state index contributed by atoms with van der Waals surface area (Å²) in [6.07, 6.45) is -1.73. The minimum absolute atomic E-state index is 0.156. The lowest BCUT2D eigenvalue weighted by atomic mass is 10.2. The van der Waals surface area contributed by atoms with E-state index in [1.165, 1.54) is 4.90 Å². The number of β-amino-alcohol motifs (C(OH)–C–C–N with tert-alkyl or cyclic N) is 2. The fraction of sp³-hybridized carbons (Fsp3) is 0.417. The second-order valence-corrected chi connectivity index (χ2v) is 5.05. The van der Waals surface area contributed by atoms with Crippen LogP contribution in [0.5, 0.6) is 5.75 Å². The number of ether oxygens (including phenoxy) is 1. The number of halogens is 1. The number of likely N-dealkylation sites (tertiary alicyclic amines) is 1. The maximum atomic E-state index is 12.1. The zero-order valence-corrected chi connectivity index (χ0v) is 11.4. The highest BCUT2D eigenvalue weighted by molar-refractivity contribution is 9.10. The lowest BCUT2D eigenvalue weighted by Gasteiger charge is -2.16. The molecule has 0 aliphatic carbocycles. The zero-order chi connectivity index (χ0) is 13.3. The summed E-state index contributed by atoms with van der Waals surface area (Å²) in [5.74, 6) is 0.432. The average molecular weight is 316 g/mol. The molecule has 0 saturated carbocycles. The number of aliphatic hydroxyl groups excluding tert-OH is 2. The van der Waals surface area contributed by atoms with E-state index in [0.717, 1.165) is 0 Å². The van der Waals surface area contributed by atoms with Crippen LogP contribution < -0.4 is 4.74 Å². The van der Waals surface area contributed by atoms with Crippen LogP contribution in [0.4, 0.5) is 0 Å². The Morgan fingerprint density at radius 3 is 2.50 bits per heavy atom. The third kappa shape index (κ3) is 2.50. The lowest BCUT2D eigenvalue weighted by molar-refractivity contribution is 0.0572. The quantitative estimate of drug-likeness (QED) is 0.840. The molecule has 98 valence electrons. The molecule has 1 amide bonds. The molecule has 2 atom stereocenters. The van der Waals surface area contributed by atoms with Crippen LogP contribution in [0.15, 0.2) is 22.7 Å². The molecule has 2 N–H and O–H groups in total. The van der Waals surface area contributed by atoms with E-state index in [-0.39, 0.29) is 19.0 Å². The fourth-order valence-electron chi connectivity index (χ4n) is 1.92. The normalized spacial score (nSPS) is 23.2. The molecule has 1 saturated heterocycles. The average Bonchev–Trinajstić information content (AvgIpc) is 2.68. The predicted octanol–water partition coefficient (Wildman–Crippen LogP) is 0.635. The second kappa shape index (κ2) is 5.26. The Bertz CT molecular complexity index is 455. The summed E-state index contributed by atoms with van der Waals surface area (Å²) in [5, 5.41) is 18.9. The summed E-state index contributed by atoms with van der Waals surface area (Å²) in [6, 6.07) is 5.02. The molecule has 1 heterocycles. The summed E-state index contributed by atoms with van der Waals surface area (Å²) >= 11 is 3.31. The molecule has 0 aromatic heterocycles. The molecular weight excluding hydrogens is 302 g/mol. The minimum atomic E-state index is -0.865. The van der Waals surface area contributed by atoms with Gasteiger partial charge in [0, 0.05) is 18.7 Å². The van der Waals surface area contributed by atoms with Crippen molar-refractivity contribution in [1.29, 1.82) is 0 Å². The number of nitrogens with zero attached hydrogens (tertiary/aromatic N) is 1.